The molecule has 1 atom stereocenters. The standard InChI is InChI=1S/C8H7Cl2N3OS/c1-15(14,13-5-11)4-6-2-7(9)8(10)12-3-6/h2-4H,1H3,(H,13,14). The topological polar surface area (TPSA) is 65.8 Å². The number of halogens is 2. The first-order valence-electron chi connectivity index (χ1n) is 3.75. The molecule has 0 radical (unpaired) electrons. The van der Waals surface area contributed by atoms with Crippen molar-refractivity contribution >= 4 is 38.3 Å². The van der Waals surface area contributed by atoms with Crippen molar-refractivity contribution in [2.45, 2.75) is 0 Å². The summed E-state index contributed by atoms with van der Waals surface area (Å²) in [4.78, 5) is 3.79. The normalized spacial score (nSPS) is 13.7. The highest BCUT2D eigenvalue weighted by atomic mass is 35.5. The van der Waals surface area contributed by atoms with Crippen molar-refractivity contribution in [3.05, 3.63) is 28.0 Å². The van der Waals surface area contributed by atoms with Crippen LogP contribution in [0.5, 0.6) is 0 Å². The Hall–Kier alpha value is -0.960. The molecule has 4 nitrogen and oxygen atoms in total. The summed E-state index contributed by atoms with van der Waals surface area (Å²) in [5.74, 6) is 0. The summed E-state index contributed by atoms with van der Waals surface area (Å²) in [7, 11) is -2.54. The number of nitriles is 1. The van der Waals surface area contributed by atoms with Gasteiger partial charge in [0, 0.05) is 23.4 Å². The number of hydrogen-bond acceptors (Lipinski definition) is 3. The van der Waals surface area contributed by atoms with Crippen molar-refractivity contribution in [1.29, 1.82) is 5.26 Å². The van der Waals surface area contributed by atoms with E-state index < -0.39 is 9.71 Å². The summed E-state index contributed by atoms with van der Waals surface area (Å²) >= 11 is 11.3. The van der Waals surface area contributed by atoms with Crippen LogP contribution >= 0.6 is 23.2 Å². The van der Waals surface area contributed by atoms with Gasteiger partial charge in [-0.3, -0.25) is 0 Å². The van der Waals surface area contributed by atoms with Crippen molar-refractivity contribution in [3.8, 4) is 6.19 Å². The van der Waals surface area contributed by atoms with Gasteiger partial charge in [-0.2, -0.15) is 5.26 Å². The van der Waals surface area contributed by atoms with Crippen LogP contribution < -0.4 is 4.72 Å². The fourth-order valence-electron chi connectivity index (χ4n) is 0.880. The average Bonchev–Trinajstić information content (AvgIpc) is 2.10. The van der Waals surface area contributed by atoms with Crippen LogP contribution in [0.4, 0.5) is 0 Å². The number of nitrogens with one attached hydrogen (secondary N) is 1. The van der Waals surface area contributed by atoms with Gasteiger partial charge in [-0.05, 0) is 6.07 Å². The number of nitrogens with zero attached hydrogens (tertiary/aromatic N) is 2. The second-order valence-corrected chi connectivity index (χ2v) is 5.79. The second-order valence-electron chi connectivity index (χ2n) is 2.78. The Morgan fingerprint density at radius 2 is 2.33 bits per heavy atom. The molecule has 0 saturated heterocycles. The van der Waals surface area contributed by atoms with Gasteiger partial charge in [0.05, 0.1) is 14.7 Å². The number of hydrogen-bond donors (Lipinski definition) is 1. The van der Waals surface area contributed by atoms with E-state index in [0.29, 0.717) is 5.56 Å². The summed E-state index contributed by atoms with van der Waals surface area (Å²) in [5.41, 5.74) is 0.541. The lowest BCUT2D eigenvalue weighted by atomic mass is 10.3. The first-order chi connectivity index (χ1) is 6.94. The quantitative estimate of drug-likeness (QED) is 0.380. The highest BCUT2D eigenvalue weighted by molar-refractivity contribution is 7.99. The summed E-state index contributed by atoms with van der Waals surface area (Å²) < 4.78 is 13.8. The predicted molar refractivity (Wildman–Crippen MR) is 62.2 cm³/mol. The summed E-state index contributed by atoms with van der Waals surface area (Å²) in [6, 6.07) is 1.53. The van der Waals surface area contributed by atoms with Gasteiger partial charge in [0.25, 0.3) is 0 Å². The molecule has 0 aliphatic rings. The van der Waals surface area contributed by atoms with Gasteiger partial charge in [0.1, 0.15) is 5.15 Å². The van der Waals surface area contributed by atoms with E-state index in [4.69, 9.17) is 28.5 Å². The Kier molecular flexibility index (Phi) is 3.80. The van der Waals surface area contributed by atoms with Gasteiger partial charge in [-0.15, -0.1) is 0 Å². The maximum Gasteiger partial charge on any atom is 0.188 e. The van der Waals surface area contributed by atoms with Crippen LogP contribution in [0.2, 0.25) is 10.2 Å². The Bertz CT molecular complexity index is 529. The molecule has 1 unspecified atom stereocenters. The van der Waals surface area contributed by atoms with Crippen molar-refractivity contribution in [2.75, 3.05) is 6.26 Å². The van der Waals surface area contributed by atoms with Crippen molar-refractivity contribution in [2.24, 2.45) is 0 Å². The molecular weight excluding hydrogens is 257 g/mol. The van der Waals surface area contributed by atoms with Crippen LogP contribution in [0.25, 0.3) is 0 Å². The molecule has 1 rings (SSSR count). The predicted octanol–water partition coefficient (Wildman–Crippen LogP) is 1.44. The van der Waals surface area contributed by atoms with Gasteiger partial charge in [0.15, 0.2) is 6.19 Å². The molecule has 7 heteroatoms. The van der Waals surface area contributed by atoms with Crippen molar-refractivity contribution < 1.29 is 4.21 Å². The fraction of sp³-hybridized carbons (Fsp3) is 0.125. The average molecular weight is 264 g/mol. The maximum atomic E-state index is 11.7. The van der Waals surface area contributed by atoms with E-state index in [0.717, 1.165) is 0 Å². The Balaban J connectivity index is 3.16. The largest absolute Gasteiger partial charge is 0.249 e. The molecule has 0 aliphatic carbocycles. The molecule has 0 saturated carbocycles. The monoisotopic (exact) mass is 263 g/mol. The summed E-state index contributed by atoms with van der Waals surface area (Å²) in [5, 5.41) is 10.2. The molecule has 0 amide bonds. The minimum atomic E-state index is -2.54. The molecule has 1 aromatic rings. The SMILES string of the molecule is CS(=O)(=Cc1cnc(Cl)c(Cl)c1)NC#N. The van der Waals surface area contributed by atoms with Gasteiger partial charge >= 0.3 is 0 Å². The lowest BCUT2D eigenvalue weighted by Crippen LogP contribution is -2.18. The lowest BCUT2D eigenvalue weighted by Gasteiger charge is -2.01. The molecule has 80 valence electrons. The summed E-state index contributed by atoms with van der Waals surface area (Å²) in [6.45, 7) is 0. The third kappa shape index (κ3) is 3.59. The Morgan fingerprint density at radius 3 is 2.87 bits per heavy atom. The Labute approximate surface area is 98.0 Å². The zero-order valence-corrected chi connectivity index (χ0v) is 10.0. The molecule has 0 spiro atoms. The van der Waals surface area contributed by atoms with Crippen LogP contribution in [0.15, 0.2) is 12.3 Å². The molecule has 1 aromatic heterocycles. The molecule has 0 bridgehead atoms. The first-order valence-corrected chi connectivity index (χ1v) is 6.54. The maximum absolute atomic E-state index is 11.7. The molecule has 15 heavy (non-hydrogen) atoms. The van der Waals surface area contributed by atoms with Gasteiger partial charge in [-0.25, -0.2) is 13.9 Å². The van der Waals surface area contributed by atoms with Crippen LogP contribution in [0.1, 0.15) is 5.56 Å². The van der Waals surface area contributed by atoms with E-state index in [-0.39, 0.29) is 10.2 Å². The van der Waals surface area contributed by atoms with Crippen LogP contribution in [-0.2, 0) is 9.71 Å². The van der Waals surface area contributed by atoms with Crippen molar-refractivity contribution in [1.82, 2.24) is 9.71 Å². The number of pyridine rings is 1. The highest BCUT2D eigenvalue weighted by Crippen LogP contribution is 2.18. The third-order valence-electron chi connectivity index (χ3n) is 1.43. The molecule has 1 heterocycles. The molecule has 1 N–H and O–H groups in total. The van der Waals surface area contributed by atoms with Crippen LogP contribution in [0, 0.1) is 11.5 Å². The minimum Gasteiger partial charge on any atom is -0.249 e. The first kappa shape index (κ1) is 12.1. The van der Waals surface area contributed by atoms with Gasteiger partial charge < -0.3 is 0 Å². The molecule has 0 aromatic carbocycles. The number of aromatic nitrogens is 1. The van der Waals surface area contributed by atoms with Crippen LogP contribution in [0.3, 0.4) is 0 Å². The minimum absolute atomic E-state index is 0.185. The van der Waals surface area contributed by atoms with Crippen LogP contribution in [-0.4, -0.2) is 20.8 Å². The lowest BCUT2D eigenvalue weighted by molar-refractivity contribution is 0.682. The summed E-state index contributed by atoms with van der Waals surface area (Å²) in [6.07, 6.45) is 4.45. The van der Waals surface area contributed by atoms with E-state index >= 15 is 0 Å². The smallest absolute Gasteiger partial charge is 0.188 e. The third-order valence-corrected chi connectivity index (χ3v) is 3.33. The van der Waals surface area contributed by atoms with E-state index in [1.54, 1.807) is 6.19 Å². The van der Waals surface area contributed by atoms with Gasteiger partial charge in [-0.1, -0.05) is 23.2 Å². The fourth-order valence-corrected chi connectivity index (χ4v) is 2.05. The molecule has 0 aliphatic heterocycles. The van der Waals surface area contributed by atoms with Crippen molar-refractivity contribution in [3.63, 3.8) is 0 Å². The molecule has 0 fully saturated rings. The van der Waals surface area contributed by atoms with E-state index in [1.807, 2.05) is 0 Å². The highest BCUT2D eigenvalue weighted by Gasteiger charge is 2.02. The zero-order chi connectivity index (χ0) is 11.5. The Morgan fingerprint density at radius 1 is 1.67 bits per heavy atom. The van der Waals surface area contributed by atoms with E-state index in [1.165, 1.54) is 23.9 Å². The zero-order valence-electron chi connectivity index (χ0n) is 7.70. The second kappa shape index (κ2) is 4.71. The molecular formula is C8H7Cl2N3OS. The van der Waals surface area contributed by atoms with E-state index in [2.05, 4.69) is 9.71 Å². The van der Waals surface area contributed by atoms with Gasteiger partial charge in [0.2, 0.25) is 0 Å². The van der Waals surface area contributed by atoms with E-state index in [9.17, 15) is 4.21 Å². The number of rotatable bonds is 2.